The first-order valence-electron chi connectivity index (χ1n) is 7.28. The van der Waals surface area contributed by atoms with Crippen molar-refractivity contribution in [3.8, 4) is 0 Å². The Morgan fingerprint density at radius 2 is 1.77 bits per heavy atom. The predicted molar refractivity (Wildman–Crippen MR) is 86.5 cm³/mol. The standard InChI is InChI=1S/C18H15N3O/c1-13(14-7-3-2-4-8-14)20-12-19-16-11-21(22)17-10-6-5-9-15(17)18(16)20/h2-13H,1H3. The van der Waals surface area contributed by atoms with Crippen LogP contribution in [-0.2, 0) is 0 Å². The molecule has 2 heterocycles. The summed E-state index contributed by atoms with van der Waals surface area (Å²) in [5.74, 6) is 0. The third-order valence-electron chi connectivity index (χ3n) is 4.16. The number of hydrogen-bond acceptors (Lipinski definition) is 2. The van der Waals surface area contributed by atoms with Gasteiger partial charge in [-0.05, 0) is 18.6 Å². The van der Waals surface area contributed by atoms with Crippen molar-refractivity contribution in [1.82, 2.24) is 9.55 Å². The number of benzene rings is 2. The Bertz CT molecular complexity index is 960. The van der Waals surface area contributed by atoms with Gasteiger partial charge in [0.2, 0.25) is 11.7 Å². The molecule has 1 unspecified atom stereocenters. The summed E-state index contributed by atoms with van der Waals surface area (Å²) in [6.07, 6.45) is 3.36. The third kappa shape index (κ3) is 1.84. The van der Waals surface area contributed by atoms with Crippen LogP contribution in [0.5, 0.6) is 0 Å². The van der Waals surface area contributed by atoms with Crippen LogP contribution in [0.4, 0.5) is 0 Å². The van der Waals surface area contributed by atoms with E-state index in [4.69, 9.17) is 0 Å². The van der Waals surface area contributed by atoms with Gasteiger partial charge in [0.15, 0.2) is 5.52 Å². The minimum absolute atomic E-state index is 0.150. The topological polar surface area (TPSA) is 44.8 Å². The zero-order valence-electron chi connectivity index (χ0n) is 12.2. The smallest absolute Gasteiger partial charge is 0.226 e. The molecule has 0 fully saturated rings. The van der Waals surface area contributed by atoms with Crippen LogP contribution < -0.4 is 4.73 Å². The van der Waals surface area contributed by atoms with Crippen molar-refractivity contribution < 1.29 is 4.73 Å². The second-order valence-electron chi connectivity index (χ2n) is 5.44. The van der Waals surface area contributed by atoms with E-state index < -0.39 is 0 Å². The largest absolute Gasteiger partial charge is 0.618 e. The summed E-state index contributed by atoms with van der Waals surface area (Å²) >= 11 is 0. The van der Waals surface area contributed by atoms with Crippen molar-refractivity contribution in [2.75, 3.05) is 0 Å². The number of fused-ring (bicyclic) bond motifs is 3. The Labute approximate surface area is 127 Å². The molecule has 2 aromatic carbocycles. The first kappa shape index (κ1) is 12.8. The van der Waals surface area contributed by atoms with Crippen molar-refractivity contribution in [1.29, 1.82) is 0 Å². The van der Waals surface area contributed by atoms with Crippen molar-refractivity contribution in [2.24, 2.45) is 0 Å². The van der Waals surface area contributed by atoms with Crippen LogP contribution in [0.2, 0.25) is 0 Å². The van der Waals surface area contributed by atoms with Gasteiger partial charge in [0.1, 0.15) is 0 Å². The molecule has 4 aromatic rings. The zero-order valence-corrected chi connectivity index (χ0v) is 12.2. The number of imidazole rings is 1. The fourth-order valence-electron chi connectivity index (χ4n) is 2.98. The lowest BCUT2D eigenvalue weighted by molar-refractivity contribution is -0.575. The van der Waals surface area contributed by atoms with E-state index >= 15 is 0 Å². The van der Waals surface area contributed by atoms with E-state index in [1.54, 1.807) is 6.20 Å². The van der Waals surface area contributed by atoms with Crippen LogP contribution in [0.1, 0.15) is 18.5 Å². The van der Waals surface area contributed by atoms with Crippen molar-refractivity contribution in [2.45, 2.75) is 13.0 Å². The first-order valence-corrected chi connectivity index (χ1v) is 7.28. The van der Waals surface area contributed by atoms with Crippen LogP contribution in [0.15, 0.2) is 67.1 Å². The van der Waals surface area contributed by atoms with Crippen molar-refractivity contribution in [3.63, 3.8) is 0 Å². The van der Waals surface area contributed by atoms with Crippen molar-refractivity contribution in [3.05, 3.63) is 77.9 Å². The molecule has 0 amide bonds. The summed E-state index contributed by atoms with van der Waals surface area (Å²) < 4.78 is 3.02. The predicted octanol–water partition coefficient (Wildman–Crippen LogP) is 3.43. The molecule has 4 rings (SSSR count). The first-order chi connectivity index (χ1) is 10.8. The highest BCUT2D eigenvalue weighted by Gasteiger charge is 2.17. The van der Waals surface area contributed by atoms with Crippen LogP contribution >= 0.6 is 0 Å². The number of hydrogen-bond donors (Lipinski definition) is 0. The van der Waals surface area contributed by atoms with Crippen LogP contribution in [0.25, 0.3) is 21.9 Å². The Morgan fingerprint density at radius 3 is 2.59 bits per heavy atom. The number of nitrogens with zero attached hydrogens (tertiary/aromatic N) is 3. The van der Waals surface area contributed by atoms with E-state index in [9.17, 15) is 5.21 Å². The summed E-state index contributed by atoms with van der Waals surface area (Å²) in [4.78, 5) is 4.42. The molecule has 0 aliphatic heterocycles. The average Bonchev–Trinajstić information content (AvgIpc) is 2.99. The molecular weight excluding hydrogens is 274 g/mol. The zero-order chi connectivity index (χ0) is 15.1. The summed E-state index contributed by atoms with van der Waals surface area (Å²) in [6.45, 7) is 2.14. The van der Waals surface area contributed by atoms with E-state index in [0.717, 1.165) is 21.2 Å². The molecule has 0 saturated heterocycles. The number of rotatable bonds is 2. The third-order valence-corrected chi connectivity index (χ3v) is 4.16. The molecule has 0 aliphatic rings. The lowest BCUT2D eigenvalue weighted by atomic mass is 10.1. The molecule has 0 bridgehead atoms. The molecule has 2 aromatic heterocycles. The molecule has 0 spiro atoms. The van der Waals surface area contributed by atoms with E-state index in [1.165, 1.54) is 5.56 Å². The number of aromatic nitrogens is 3. The Morgan fingerprint density at radius 1 is 1.05 bits per heavy atom. The van der Waals surface area contributed by atoms with Gasteiger partial charge in [-0.25, -0.2) is 4.98 Å². The molecule has 0 radical (unpaired) electrons. The molecule has 4 nitrogen and oxygen atoms in total. The van der Waals surface area contributed by atoms with Crippen LogP contribution in [0, 0.1) is 5.21 Å². The van der Waals surface area contributed by atoms with E-state index in [2.05, 4.69) is 28.6 Å². The van der Waals surface area contributed by atoms with E-state index in [-0.39, 0.29) is 6.04 Å². The molecule has 0 aliphatic carbocycles. The maximum absolute atomic E-state index is 12.1. The number of para-hydroxylation sites is 1. The molecule has 108 valence electrons. The SMILES string of the molecule is CC(c1ccccc1)n1cnc2c[n+]([O-])c3ccccc3c21. The summed E-state index contributed by atoms with van der Waals surface area (Å²) in [5, 5.41) is 13.0. The summed E-state index contributed by atoms with van der Waals surface area (Å²) in [7, 11) is 0. The average molecular weight is 289 g/mol. The van der Waals surface area contributed by atoms with Gasteiger partial charge in [0, 0.05) is 6.07 Å². The van der Waals surface area contributed by atoms with Gasteiger partial charge < -0.3 is 9.77 Å². The highest BCUT2D eigenvalue weighted by atomic mass is 16.5. The fraction of sp³-hybridized carbons (Fsp3) is 0.111. The Hall–Kier alpha value is -2.88. The summed E-state index contributed by atoms with van der Waals surface area (Å²) in [6, 6.07) is 18.1. The van der Waals surface area contributed by atoms with Gasteiger partial charge in [-0.3, -0.25) is 0 Å². The molecule has 22 heavy (non-hydrogen) atoms. The quantitative estimate of drug-likeness (QED) is 0.419. The Kier molecular flexibility index (Phi) is 2.82. The summed E-state index contributed by atoms with van der Waals surface area (Å²) in [5.41, 5.74) is 3.59. The van der Waals surface area contributed by atoms with Gasteiger partial charge in [-0.15, -0.1) is 0 Å². The van der Waals surface area contributed by atoms with Crippen LogP contribution in [-0.4, -0.2) is 9.55 Å². The lowest BCUT2D eigenvalue weighted by Gasteiger charge is -2.15. The minimum atomic E-state index is 0.150. The van der Waals surface area contributed by atoms with Gasteiger partial charge in [-0.2, -0.15) is 4.73 Å². The maximum Gasteiger partial charge on any atom is 0.226 e. The second-order valence-corrected chi connectivity index (χ2v) is 5.44. The highest BCUT2D eigenvalue weighted by molar-refractivity contribution is 6.00. The van der Waals surface area contributed by atoms with Gasteiger partial charge >= 0.3 is 0 Å². The van der Waals surface area contributed by atoms with Gasteiger partial charge in [0.05, 0.1) is 23.3 Å². The normalized spacial score (nSPS) is 12.8. The van der Waals surface area contributed by atoms with Gasteiger partial charge in [-0.1, -0.05) is 42.5 Å². The van der Waals surface area contributed by atoms with Gasteiger partial charge in [0.25, 0.3) is 0 Å². The molecule has 1 atom stereocenters. The fourth-order valence-corrected chi connectivity index (χ4v) is 2.98. The van der Waals surface area contributed by atoms with Crippen LogP contribution in [0.3, 0.4) is 0 Å². The maximum atomic E-state index is 12.1. The Balaban J connectivity index is 2.02. The van der Waals surface area contributed by atoms with E-state index in [1.807, 2.05) is 48.8 Å². The lowest BCUT2D eigenvalue weighted by Crippen LogP contribution is -2.26. The molecule has 0 N–H and O–H groups in total. The molecular formula is C18H15N3O. The van der Waals surface area contributed by atoms with E-state index in [0.29, 0.717) is 5.52 Å². The molecule has 0 saturated carbocycles. The highest BCUT2D eigenvalue weighted by Crippen LogP contribution is 2.27. The van der Waals surface area contributed by atoms with Crippen molar-refractivity contribution >= 4 is 21.9 Å². The monoisotopic (exact) mass is 289 g/mol. The second kappa shape index (κ2) is 4.84. The number of pyridine rings is 1. The minimum Gasteiger partial charge on any atom is -0.618 e. The molecule has 4 heteroatoms.